The highest BCUT2D eigenvalue weighted by atomic mass is 19.4. The smallest absolute Gasteiger partial charge is 0.480 e. The number of nitrogens with two attached hydrogens (primary N) is 1. The summed E-state index contributed by atoms with van der Waals surface area (Å²) in [4.78, 5) is 10.6. The summed E-state index contributed by atoms with van der Waals surface area (Å²) < 4.78 is 39.8. The predicted octanol–water partition coefficient (Wildman–Crippen LogP) is 1.85. The van der Waals surface area contributed by atoms with Gasteiger partial charge in [-0.2, -0.15) is 0 Å². The second-order valence-corrected chi connectivity index (χ2v) is 3.78. The van der Waals surface area contributed by atoms with Crippen LogP contribution in [-0.4, -0.2) is 23.5 Å². The van der Waals surface area contributed by atoms with Gasteiger partial charge in [0, 0.05) is 0 Å². The zero-order valence-corrected chi connectivity index (χ0v) is 9.49. The van der Waals surface area contributed by atoms with Crippen molar-refractivity contribution in [3.05, 3.63) is 29.3 Å². The number of benzene rings is 1. The average Bonchev–Trinajstić information content (AvgIpc) is 2.20. The highest BCUT2D eigenvalue weighted by Crippen LogP contribution is 2.25. The van der Waals surface area contributed by atoms with Crippen LogP contribution in [0.3, 0.4) is 0 Å². The fraction of sp³-hybridized carbons (Fsp3) is 0.364. The molecular weight excluding hydrogens is 251 g/mol. The predicted molar refractivity (Wildman–Crippen MR) is 57.2 cm³/mol. The van der Waals surface area contributed by atoms with E-state index in [1.54, 1.807) is 6.92 Å². The van der Waals surface area contributed by atoms with Gasteiger partial charge in [0.05, 0.1) is 0 Å². The average molecular weight is 263 g/mol. The standard InChI is InChI=1S/C11H12F3NO3/c1-6-2-3-8(18-11(12,13)14)4-7(6)5-9(15)10(16)17/h2-4,9H,5,15H2,1H3,(H,16,17)/t9-/m0/s1. The van der Waals surface area contributed by atoms with Gasteiger partial charge in [-0.3, -0.25) is 4.79 Å². The quantitative estimate of drug-likeness (QED) is 0.869. The molecule has 0 aliphatic rings. The van der Waals surface area contributed by atoms with Crippen LogP contribution in [0.2, 0.25) is 0 Å². The Bertz CT molecular complexity index is 446. The van der Waals surface area contributed by atoms with Crippen molar-refractivity contribution >= 4 is 5.97 Å². The molecule has 0 bridgehead atoms. The van der Waals surface area contributed by atoms with Gasteiger partial charge < -0.3 is 15.6 Å². The largest absolute Gasteiger partial charge is 0.573 e. The van der Waals surface area contributed by atoms with Crippen molar-refractivity contribution in [1.29, 1.82) is 0 Å². The number of halogens is 3. The fourth-order valence-corrected chi connectivity index (χ4v) is 1.39. The zero-order chi connectivity index (χ0) is 13.9. The molecule has 0 saturated carbocycles. The van der Waals surface area contributed by atoms with E-state index in [-0.39, 0.29) is 12.2 Å². The Morgan fingerprint density at radius 2 is 2.11 bits per heavy atom. The number of carbonyl (C=O) groups is 1. The minimum Gasteiger partial charge on any atom is -0.480 e. The van der Waals surface area contributed by atoms with Crippen LogP contribution >= 0.6 is 0 Å². The van der Waals surface area contributed by atoms with Gasteiger partial charge in [-0.15, -0.1) is 13.2 Å². The van der Waals surface area contributed by atoms with Crippen molar-refractivity contribution < 1.29 is 27.8 Å². The molecule has 1 aromatic carbocycles. The third kappa shape index (κ3) is 4.25. The molecule has 100 valence electrons. The first-order chi connectivity index (χ1) is 8.19. The summed E-state index contributed by atoms with van der Waals surface area (Å²) in [5.41, 5.74) is 6.39. The molecule has 1 atom stereocenters. The number of rotatable bonds is 4. The molecule has 0 spiro atoms. The van der Waals surface area contributed by atoms with Crippen LogP contribution in [0.5, 0.6) is 5.75 Å². The summed E-state index contributed by atoms with van der Waals surface area (Å²) in [5, 5.41) is 8.65. The van der Waals surface area contributed by atoms with Crippen molar-refractivity contribution in [1.82, 2.24) is 0 Å². The maximum Gasteiger partial charge on any atom is 0.573 e. The lowest BCUT2D eigenvalue weighted by Crippen LogP contribution is -2.32. The molecule has 7 heteroatoms. The molecular formula is C11H12F3NO3. The van der Waals surface area contributed by atoms with E-state index in [1.165, 1.54) is 12.1 Å². The first-order valence-electron chi connectivity index (χ1n) is 5.02. The third-order valence-electron chi connectivity index (χ3n) is 2.31. The molecule has 1 aromatic rings. The number of hydrogen-bond donors (Lipinski definition) is 2. The second kappa shape index (κ2) is 5.26. The molecule has 0 heterocycles. The molecule has 0 fully saturated rings. The van der Waals surface area contributed by atoms with E-state index in [0.29, 0.717) is 11.1 Å². The number of aliphatic carboxylic acids is 1. The summed E-state index contributed by atoms with van der Waals surface area (Å²) in [5.74, 6) is -1.60. The van der Waals surface area contributed by atoms with Crippen LogP contribution in [-0.2, 0) is 11.2 Å². The Kier molecular flexibility index (Phi) is 4.18. The first kappa shape index (κ1) is 14.3. The van der Waals surface area contributed by atoms with Crippen molar-refractivity contribution in [2.75, 3.05) is 0 Å². The van der Waals surface area contributed by atoms with Crippen molar-refractivity contribution in [3.8, 4) is 5.75 Å². The van der Waals surface area contributed by atoms with Crippen LogP contribution in [0, 0.1) is 6.92 Å². The fourth-order valence-electron chi connectivity index (χ4n) is 1.39. The monoisotopic (exact) mass is 263 g/mol. The summed E-state index contributed by atoms with van der Waals surface area (Å²) in [6, 6.07) is 2.57. The maximum absolute atomic E-state index is 12.0. The minimum absolute atomic E-state index is 0.0593. The number of alkyl halides is 3. The van der Waals surface area contributed by atoms with Crippen LogP contribution in [0.4, 0.5) is 13.2 Å². The lowest BCUT2D eigenvalue weighted by Gasteiger charge is -2.13. The van der Waals surface area contributed by atoms with E-state index in [1.807, 2.05) is 0 Å². The van der Waals surface area contributed by atoms with Crippen molar-refractivity contribution in [2.45, 2.75) is 25.7 Å². The van der Waals surface area contributed by atoms with Gasteiger partial charge in [-0.1, -0.05) is 6.07 Å². The summed E-state index contributed by atoms with van der Waals surface area (Å²) in [6.45, 7) is 1.65. The van der Waals surface area contributed by atoms with Gasteiger partial charge >= 0.3 is 12.3 Å². The molecule has 0 aliphatic carbocycles. The third-order valence-corrected chi connectivity index (χ3v) is 2.31. The highest BCUT2D eigenvalue weighted by molar-refractivity contribution is 5.73. The molecule has 1 rings (SSSR count). The summed E-state index contributed by atoms with van der Waals surface area (Å²) >= 11 is 0. The molecule has 4 nitrogen and oxygen atoms in total. The molecule has 0 amide bonds. The molecule has 0 unspecified atom stereocenters. The molecule has 3 N–H and O–H groups in total. The SMILES string of the molecule is Cc1ccc(OC(F)(F)F)cc1C[C@H](N)C(=O)O. The molecule has 0 radical (unpaired) electrons. The van der Waals surface area contributed by atoms with Gasteiger partial charge in [-0.05, 0) is 36.6 Å². The molecule has 0 aliphatic heterocycles. The van der Waals surface area contributed by atoms with Crippen molar-refractivity contribution in [2.24, 2.45) is 5.73 Å². The normalized spacial score (nSPS) is 13.2. The van der Waals surface area contributed by atoms with E-state index in [4.69, 9.17) is 10.8 Å². The van der Waals surface area contributed by atoms with E-state index >= 15 is 0 Å². The summed E-state index contributed by atoms with van der Waals surface area (Å²) in [7, 11) is 0. The number of carboxylic acid groups (broad SMARTS) is 1. The van der Waals surface area contributed by atoms with Crippen LogP contribution in [0.1, 0.15) is 11.1 Å². The van der Waals surface area contributed by atoms with E-state index in [2.05, 4.69) is 4.74 Å². The number of aryl methyl sites for hydroxylation is 1. The Balaban J connectivity index is 2.91. The van der Waals surface area contributed by atoms with Crippen LogP contribution in [0.15, 0.2) is 18.2 Å². The Hall–Kier alpha value is -1.76. The Morgan fingerprint density at radius 1 is 1.50 bits per heavy atom. The Labute approximate surface area is 101 Å². The van der Waals surface area contributed by atoms with E-state index < -0.39 is 18.4 Å². The maximum atomic E-state index is 12.0. The molecule has 0 saturated heterocycles. The molecule has 18 heavy (non-hydrogen) atoms. The lowest BCUT2D eigenvalue weighted by molar-refractivity contribution is -0.274. The number of carboxylic acids is 1. The first-order valence-corrected chi connectivity index (χ1v) is 5.02. The van der Waals surface area contributed by atoms with Crippen molar-refractivity contribution in [3.63, 3.8) is 0 Å². The topological polar surface area (TPSA) is 72.5 Å². The summed E-state index contributed by atoms with van der Waals surface area (Å²) in [6.07, 6.45) is -4.84. The zero-order valence-electron chi connectivity index (χ0n) is 9.49. The van der Waals surface area contributed by atoms with Gasteiger partial charge in [0.2, 0.25) is 0 Å². The van der Waals surface area contributed by atoms with Gasteiger partial charge in [0.15, 0.2) is 0 Å². The highest BCUT2D eigenvalue weighted by Gasteiger charge is 2.31. The number of ether oxygens (including phenoxy) is 1. The minimum atomic E-state index is -4.78. The molecule has 0 aromatic heterocycles. The number of hydrogen-bond acceptors (Lipinski definition) is 3. The second-order valence-electron chi connectivity index (χ2n) is 3.78. The van der Waals surface area contributed by atoms with E-state index in [0.717, 1.165) is 6.07 Å². The lowest BCUT2D eigenvalue weighted by atomic mass is 10.0. The van der Waals surface area contributed by atoms with Crippen LogP contribution in [0.25, 0.3) is 0 Å². The van der Waals surface area contributed by atoms with Gasteiger partial charge in [0.1, 0.15) is 11.8 Å². The van der Waals surface area contributed by atoms with E-state index in [9.17, 15) is 18.0 Å². The Morgan fingerprint density at radius 3 is 2.61 bits per heavy atom. The van der Waals surface area contributed by atoms with Gasteiger partial charge in [-0.25, -0.2) is 0 Å². The van der Waals surface area contributed by atoms with Gasteiger partial charge in [0.25, 0.3) is 0 Å². The van der Waals surface area contributed by atoms with Crippen LogP contribution < -0.4 is 10.5 Å².